The van der Waals surface area contributed by atoms with Crippen molar-refractivity contribution in [3.63, 3.8) is 0 Å². The molecule has 0 bridgehead atoms. The highest BCUT2D eigenvalue weighted by atomic mass is 79.9. The Morgan fingerprint density at radius 3 is 1.64 bits per heavy atom. The lowest BCUT2D eigenvalue weighted by molar-refractivity contribution is -0.545. The van der Waals surface area contributed by atoms with E-state index in [4.69, 9.17) is 0 Å². The summed E-state index contributed by atoms with van der Waals surface area (Å²) in [5, 5.41) is 2.23. The summed E-state index contributed by atoms with van der Waals surface area (Å²) in [6.45, 7) is 2.30. The zero-order chi connectivity index (χ0) is 36.8. The summed E-state index contributed by atoms with van der Waals surface area (Å²) in [6, 6.07) is 7.35. The van der Waals surface area contributed by atoms with E-state index >= 15 is 0 Å². The van der Waals surface area contributed by atoms with Crippen LogP contribution in [0.1, 0.15) is 33.2 Å². The maximum Gasteiger partial charge on any atom is 0.471 e. The van der Waals surface area contributed by atoms with Gasteiger partial charge in [-0.25, -0.2) is 0 Å². The molecule has 0 saturated heterocycles. The van der Waals surface area contributed by atoms with Crippen molar-refractivity contribution in [2.24, 2.45) is 0 Å². The maximum absolute atomic E-state index is 14.8. The number of hydrogen-bond donors (Lipinski definition) is 1. The number of Topliss-reactive ketones (excluding diaryl/α,β-unsaturated/α-hetero) is 1. The molecule has 0 aliphatic rings. The highest BCUT2D eigenvalue weighted by Gasteiger charge is 2.85. The van der Waals surface area contributed by atoms with Crippen LogP contribution in [0.2, 0.25) is 0 Å². The highest BCUT2D eigenvalue weighted by molar-refractivity contribution is 9.10. The van der Waals surface area contributed by atoms with Crippen molar-refractivity contribution in [3.05, 3.63) is 59.2 Å². The third-order valence-corrected chi connectivity index (χ3v) is 6.12. The minimum absolute atomic E-state index is 0.100. The molecule has 0 aliphatic carbocycles. The minimum Gasteiger partial charge on any atom is -0.427 e. The van der Waals surface area contributed by atoms with Gasteiger partial charge in [0.1, 0.15) is 5.75 Å². The molecule has 2 rings (SSSR count). The van der Waals surface area contributed by atoms with Crippen LogP contribution in [0.15, 0.2) is 42.5 Å². The molecule has 0 radical (unpaired) electrons. The molecular formula is C24H14BrF16NO5. The number of hydrogen-bond acceptors (Lipinski definition) is 5. The van der Waals surface area contributed by atoms with Crippen molar-refractivity contribution in [1.29, 1.82) is 0 Å². The van der Waals surface area contributed by atoms with Gasteiger partial charge in [-0.3, -0.25) is 19.1 Å². The molecule has 1 N–H and O–H groups in total. The van der Waals surface area contributed by atoms with Crippen molar-refractivity contribution in [2.75, 3.05) is 5.32 Å². The van der Waals surface area contributed by atoms with Crippen LogP contribution >= 0.6 is 15.9 Å². The molecule has 1 amide bonds. The Morgan fingerprint density at radius 2 is 1.19 bits per heavy atom. The summed E-state index contributed by atoms with van der Waals surface area (Å²) in [5.74, 6) is -19.7. The van der Waals surface area contributed by atoms with Crippen molar-refractivity contribution in [2.45, 2.75) is 61.1 Å². The molecular weight excluding hydrogens is 766 g/mol. The topological polar surface area (TPSA) is 73.9 Å². The molecule has 23 heteroatoms. The molecule has 2 atom stereocenters. The number of ketones is 1. The summed E-state index contributed by atoms with van der Waals surface area (Å²) >= 11 is 0.953. The fourth-order valence-corrected chi connectivity index (χ4v) is 3.33. The van der Waals surface area contributed by atoms with Crippen molar-refractivity contribution < 1.29 is 94.0 Å². The van der Waals surface area contributed by atoms with Crippen LogP contribution in [-0.2, 0) is 9.47 Å². The van der Waals surface area contributed by atoms with Gasteiger partial charge in [0.25, 0.3) is 5.91 Å². The van der Waals surface area contributed by atoms with Gasteiger partial charge in [0.15, 0.2) is 5.78 Å². The van der Waals surface area contributed by atoms with Gasteiger partial charge in [0.05, 0.1) is 5.56 Å². The fourth-order valence-electron chi connectivity index (χ4n) is 3.05. The average molecular weight is 780 g/mol. The number of amides is 1. The summed E-state index contributed by atoms with van der Waals surface area (Å²) in [7, 11) is 0. The van der Waals surface area contributed by atoms with Gasteiger partial charge in [-0.05, 0) is 60.1 Å². The normalized spacial score (nSPS) is 16.2. The standard InChI is InChI=1S/C24H14BrF16NO5/c1-10-3-6-13(7-4-10)42-16(44)12-5-8-14(11(2)43)15(9-12)45-24(40,41)19(25,29)47-23(38,39)18(28,21(33,34)35)46-22(36,37)17(26,27)20(30,31)32/h3-9H,1-2H3,(H,42,44). The summed E-state index contributed by atoms with van der Waals surface area (Å²) < 4.78 is 218. The van der Waals surface area contributed by atoms with Gasteiger partial charge >= 0.3 is 47.2 Å². The first-order valence-corrected chi connectivity index (χ1v) is 12.4. The van der Waals surface area contributed by atoms with Crippen LogP contribution in [0.4, 0.5) is 75.9 Å². The summed E-state index contributed by atoms with van der Waals surface area (Å²) in [5.41, 5.74) is -0.862. The Hall–Kier alpha value is -3.34. The van der Waals surface area contributed by atoms with E-state index in [0.717, 1.165) is 27.6 Å². The van der Waals surface area contributed by atoms with E-state index in [1.807, 2.05) is 0 Å². The second kappa shape index (κ2) is 12.6. The Labute approximate surface area is 259 Å². The SMILES string of the molecule is CC(=O)c1ccc(C(=O)Nc2ccc(C)cc2)cc1OC(F)(F)C(F)(Br)OC(F)(F)C(F)(OC(F)(F)C(F)(F)C(F)(F)F)C(F)(F)F. The molecule has 47 heavy (non-hydrogen) atoms. The molecule has 0 fully saturated rings. The van der Waals surface area contributed by atoms with E-state index in [2.05, 4.69) is 14.8 Å². The molecule has 264 valence electrons. The van der Waals surface area contributed by atoms with Gasteiger partial charge in [0, 0.05) is 11.3 Å². The molecule has 0 heterocycles. The average Bonchev–Trinajstić information content (AvgIpc) is 2.87. The van der Waals surface area contributed by atoms with Crippen molar-refractivity contribution in [1.82, 2.24) is 0 Å². The number of halogens is 17. The lowest BCUT2D eigenvalue weighted by Crippen LogP contribution is -2.67. The van der Waals surface area contributed by atoms with Gasteiger partial charge < -0.3 is 10.1 Å². The number of alkyl halides is 17. The van der Waals surface area contributed by atoms with E-state index in [0.29, 0.717) is 13.0 Å². The molecule has 2 aromatic rings. The molecule has 0 aromatic heterocycles. The third-order valence-electron chi connectivity index (χ3n) is 5.50. The van der Waals surface area contributed by atoms with E-state index in [1.54, 1.807) is 6.92 Å². The van der Waals surface area contributed by atoms with Crippen LogP contribution in [0.25, 0.3) is 0 Å². The van der Waals surface area contributed by atoms with Gasteiger partial charge in [-0.1, -0.05) is 17.7 Å². The molecule has 0 saturated carbocycles. The maximum atomic E-state index is 14.8. The van der Waals surface area contributed by atoms with E-state index in [1.165, 1.54) is 29.0 Å². The first-order valence-electron chi connectivity index (χ1n) is 11.7. The second-order valence-electron chi connectivity index (χ2n) is 9.13. The third kappa shape index (κ3) is 8.04. The second-order valence-corrected chi connectivity index (χ2v) is 10.1. The quantitative estimate of drug-likeness (QED) is 0.132. The minimum atomic E-state index is -7.92. The van der Waals surface area contributed by atoms with Crippen LogP contribution < -0.4 is 10.1 Å². The largest absolute Gasteiger partial charge is 0.471 e. The Kier molecular flexibility index (Phi) is 10.7. The van der Waals surface area contributed by atoms with E-state index in [9.17, 15) is 79.8 Å². The lowest BCUT2D eigenvalue weighted by Gasteiger charge is -2.40. The van der Waals surface area contributed by atoms with Crippen molar-refractivity contribution in [3.8, 4) is 5.75 Å². The van der Waals surface area contributed by atoms with Crippen LogP contribution in [0, 0.1) is 6.92 Å². The Bertz CT molecular complexity index is 1480. The first kappa shape index (κ1) is 39.8. The zero-order valence-electron chi connectivity index (χ0n) is 22.5. The first-order chi connectivity index (χ1) is 20.8. The predicted molar refractivity (Wildman–Crippen MR) is 127 cm³/mol. The number of benzene rings is 2. The molecule has 0 aliphatic heterocycles. The molecule has 2 aromatic carbocycles. The fraction of sp³-hybridized carbons (Fsp3) is 0.417. The summed E-state index contributed by atoms with van der Waals surface area (Å²) in [6.07, 6.45) is -37.2. The van der Waals surface area contributed by atoms with Crippen LogP contribution in [-0.4, -0.2) is 58.9 Å². The Morgan fingerprint density at radius 1 is 0.681 bits per heavy atom. The highest BCUT2D eigenvalue weighted by Crippen LogP contribution is 2.57. The number of nitrogens with one attached hydrogen (secondary N) is 1. The number of carbonyl (C=O) groups excluding carboxylic acids is 2. The number of ether oxygens (including phenoxy) is 3. The summed E-state index contributed by atoms with van der Waals surface area (Å²) in [4.78, 5) is 24.4. The number of rotatable bonds is 12. The Balaban J connectivity index is 2.51. The number of aryl methyl sites for hydroxylation is 1. The monoisotopic (exact) mass is 779 g/mol. The van der Waals surface area contributed by atoms with E-state index < -0.39 is 75.8 Å². The van der Waals surface area contributed by atoms with Crippen LogP contribution in [0.5, 0.6) is 5.75 Å². The van der Waals surface area contributed by atoms with Gasteiger partial charge in [-0.2, -0.15) is 70.2 Å². The number of carbonyl (C=O) groups is 2. The molecule has 2 unspecified atom stereocenters. The molecule has 0 spiro atoms. The smallest absolute Gasteiger partial charge is 0.427 e. The van der Waals surface area contributed by atoms with E-state index in [-0.39, 0.29) is 11.8 Å². The molecule has 6 nitrogen and oxygen atoms in total. The lowest BCUT2D eigenvalue weighted by atomic mass is 10.1. The predicted octanol–water partition coefficient (Wildman–Crippen LogP) is 9.08. The van der Waals surface area contributed by atoms with Gasteiger partial charge in [-0.15, -0.1) is 0 Å². The number of anilines is 1. The zero-order valence-corrected chi connectivity index (χ0v) is 24.1. The van der Waals surface area contributed by atoms with Crippen molar-refractivity contribution >= 4 is 33.3 Å². The van der Waals surface area contributed by atoms with Gasteiger partial charge in [0.2, 0.25) is 0 Å². The van der Waals surface area contributed by atoms with Crippen LogP contribution in [0.3, 0.4) is 0 Å².